The maximum absolute atomic E-state index is 13.4. The van der Waals surface area contributed by atoms with Crippen LogP contribution in [0.15, 0.2) is 54.6 Å². The fourth-order valence-corrected chi connectivity index (χ4v) is 4.52. The van der Waals surface area contributed by atoms with Gasteiger partial charge in [-0.3, -0.25) is 14.4 Å². The number of carbonyl (C=O) groups excluding carboxylic acids is 3. The molecule has 162 valence electrons. The predicted octanol–water partition coefficient (Wildman–Crippen LogP) is 4.23. The molecule has 1 N–H and O–H groups in total. The van der Waals surface area contributed by atoms with Gasteiger partial charge in [-0.1, -0.05) is 24.3 Å². The Labute approximate surface area is 183 Å². The molecule has 0 spiro atoms. The van der Waals surface area contributed by atoms with Gasteiger partial charge in [-0.05, 0) is 69.4 Å². The molecule has 2 fully saturated rings. The predicted molar refractivity (Wildman–Crippen MR) is 121 cm³/mol. The van der Waals surface area contributed by atoms with Crippen molar-refractivity contribution in [3.8, 4) is 0 Å². The van der Waals surface area contributed by atoms with E-state index >= 15 is 0 Å². The molecule has 2 saturated heterocycles. The fraction of sp³-hybridized carbons (Fsp3) is 0.400. The molecule has 0 aromatic heterocycles. The lowest BCUT2D eigenvalue weighted by Crippen LogP contribution is -2.59. The SMILES string of the molecule is C[C@@]1(C(=O)Nc2cccc(N3CCCCC3=O)c2)CCCCN1C(=O)c1ccccc1. The molecule has 2 aromatic carbocycles. The number of rotatable bonds is 4. The van der Waals surface area contributed by atoms with E-state index in [-0.39, 0.29) is 17.7 Å². The number of piperidine rings is 2. The molecule has 0 unspecified atom stereocenters. The van der Waals surface area contributed by atoms with Crippen molar-refractivity contribution in [3.05, 3.63) is 60.2 Å². The molecule has 0 saturated carbocycles. The Morgan fingerprint density at radius 2 is 1.71 bits per heavy atom. The maximum atomic E-state index is 13.4. The minimum absolute atomic E-state index is 0.119. The molecule has 2 heterocycles. The third kappa shape index (κ3) is 4.33. The van der Waals surface area contributed by atoms with Gasteiger partial charge >= 0.3 is 0 Å². The van der Waals surface area contributed by atoms with Crippen LogP contribution in [0.3, 0.4) is 0 Å². The fourth-order valence-electron chi connectivity index (χ4n) is 4.52. The molecule has 1 atom stereocenters. The highest BCUT2D eigenvalue weighted by Gasteiger charge is 2.44. The minimum atomic E-state index is -0.928. The lowest BCUT2D eigenvalue weighted by molar-refractivity contribution is -0.127. The first-order chi connectivity index (χ1) is 15.0. The van der Waals surface area contributed by atoms with Gasteiger partial charge in [-0.15, -0.1) is 0 Å². The molecule has 0 radical (unpaired) electrons. The van der Waals surface area contributed by atoms with Crippen molar-refractivity contribution in [3.63, 3.8) is 0 Å². The Balaban J connectivity index is 1.54. The molecular formula is C25H29N3O3. The highest BCUT2D eigenvalue weighted by Crippen LogP contribution is 2.32. The van der Waals surface area contributed by atoms with E-state index in [0.29, 0.717) is 37.2 Å². The number of carbonyl (C=O) groups is 3. The van der Waals surface area contributed by atoms with E-state index in [0.717, 1.165) is 31.4 Å². The first-order valence-corrected chi connectivity index (χ1v) is 11.1. The highest BCUT2D eigenvalue weighted by molar-refractivity contribution is 6.04. The summed E-state index contributed by atoms with van der Waals surface area (Å²) in [6.07, 6.45) is 4.86. The second-order valence-electron chi connectivity index (χ2n) is 8.56. The molecule has 2 aliphatic rings. The summed E-state index contributed by atoms with van der Waals surface area (Å²) in [6.45, 7) is 3.10. The maximum Gasteiger partial charge on any atom is 0.254 e. The van der Waals surface area contributed by atoms with Crippen molar-refractivity contribution < 1.29 is 14.4 Å². The number of amides is 3. The third-order valence-electron chi connectivity index (χ3n) is 6.39. The van der Waals surface area contributed by atoms with Crippen molar-refractivity contribution in [2.75, 3.05) is 23.3 Å². The zero-order valence-corrected chi connectivity index (χ0v) is 18.0. The van der Waals surface area contributed by atoms with Crippen LogP contribution < -0.4 is 10.2 Å². The molecule has 2 aromatic rings. The van der Waals surface area contributed by atoms with Crippen molar-refractivity contribution >= 4 is 29.1 Å². The van der Waals surface area contributed by atoms with E-state index in [1.165, 1.54) is 0 Å². The topological polar surface area (TPSA) is 69.7 Å². The normalized spacial score (nSPS) is 21.6. The zero-order valence-electron chi connectivity index (χ0n) is 18.0. The average Bonchev–Trinajstić information content (AvgIpc) is 2.80. The Hall–Kier alpha value is -3.15. The summed E-state index contributed by atoms with van der Waals surface area (Å²) < 4.78 is 0. The summed E-state index contributed by atoms with van der Waals surface area (Å²) in [7, 11) is 0. The van der Waals surface area contributed by atoms with E-state index < -0.39 is 5.54 Å². The summed E-state index contributed by atoms with van der Waals surface area (Å²) in [6, 6.07) is 16.5. The van der Waals surface area contributed by atoms with Crippen molar-refractivity contribution in [2.24, 2.45) is 0 Å². The zero-order chi connectivity index (χ0) is 21.8. The van der Waals surface area contributed by atoms with Gasteiger partial charge in [-0.2, -0.15) is 0 Å². The summed E-state index contributed by atoms with van der Waals surface area (Å²) >= 11 is 0. The molecule has 6 nitrogen and oxygen atoms in total. The van der Waals surface area contributed by atoms with Gasteiger partial charge in [0.15, 0.2) is 0 Å². The highest BCUT2D eigenvalue weighted by atomic mass is 16.2. The Morgan fingerprint density at radius 1 is 0.935 bits per heavy atom. The Bertz CT molecular complexity index is 975. The van der Waals surface area contributed by atoms with Gasteiger partial charge in [0.2, 0.25) is 11.8 Å². The number of anilines is 2. The van der Waals surface area contributed by atoms with Crippen LogP contribution >= 0.6 is 0 Å². The first kappa shape index (κ1) is 21.1. The number of benzene rings is 2. The standard InChI is InChI=1S/C25H29N3O3/c1-25(15-6-8-17-28(25)23(30)19-10-3-2-4-11-19)24(31)26-20-12-9-13-21(18-20)27-16-7-5-14-22(27)29/h2-4,9-13,18H,5-8,14-17H2,1H3,(H,26,31)/t25-/m0/s1. The number of nitrogens with zero attached hydrogens (tertiary/aromatic N) is 2. The molecule has 0 bridgehead atoms. The smallest absolute Gasteiger partial charge is 0.254 e. The average molecular weight is 420 g/mol. The van der Waals surface area contributed by atoms with Gasteiger partial charge in [0.05, 0.1) is 0 Å². The molecule has 6 heteroatoms. The molecule has 3 amide bonds. The number of hydrogen-bond acceptors (Lipinski definition) is 3. The molecule has 2 aliphatic heterocycles. The van der Waals surface area contributed by atoms with Gasteiger partial charge < -0.3 is 15.1 Å². The minimum Gasteiger partial charge on any atom is -0.324 e. The Kier molecular flexibility index (Phi) is 6.07. The quantitative estimate of drug-likeness (QED) is 0.806. The van der Waals surface area contributed by atoms with Crippen LogP contribution in [0.2, 0.25) is 0 Å². The molecular weight excluding hydrogens is 390 g/mol. The molecule has 4 rings (SSSR count). The van der Waals surface area contributed by atoms with Gasteiger partial charge in [0, 0.05) is 36.4 Å². The van der Waals surface area contributed by atoms with E-state index in [9.17, 15) is 14.4 Å². The van der Waals surface area contributed by atoms with Gasteiger partial charge in [0.1, 0.15) is 5.54 Å². The Morgan fingerprint density at radius 3 is 2.48 bits per heavy atom. The van der Waals surface area contributed by atoms with Crippen molar-refractivity contribution in [2.45, 2.75) is 51.0 Å². The number of hydrogen-bond donors (Lipinski definition) is 1. The second-order valence-corrected chi connectivity index (χ2v) is 8.56. The van der Waals surface area contributed by atoms with E-state index in [1.54, 1.807) is 21.9 Å². The van der Waals surface area contributed by atoms with Crippen LogP contribution in [0.4, 0.5) is 11.4 Å². The van der Waals surface area contributed by atoms with E-state index in [4.69, 9.17) is 0 Å². The monoisotopic (exact) mass is 419 g/mol. The van der Waals surface area contributed by atoms with Crippen LogP contribution in [0.25, 0.3) is 0 Å². The van der Waals surface area contributed by atoms with E-state index in [2.05, 4.69) is 5.32 Å². The van der Waals surface area contributed by atoms with E-state index in [1.807, 2.05) is 49.4 Å². The molecule has 31 heavy (non-hydrogen) atoms. The van der Waals surface area contributed by atoms with Gasteiger partial charge in [-0.25, -0.2) is 0 Å². The first-order valence-electron chi connectivity index (χ1n) is 11.1. The van der Waals surface area contributed by atoms with Crippen LogP contribution in [-0.4, -0.2) is 41.2 Å². The third-order valence-corrected chi connectivity index (χ3v) is 6.39. The summed E-state index contributed by atoms with van der Waals surface area (Å²) in [5, 5.41) is 3.01. The van der Waals surface area contributed by atoms with Crippen LogP contribution in [0.5, 0.6) is 0 Å². The number of likely N-dealkylation sites (tertiary alicyclic amines) is 1. The van der Waals surface area contributed by atoms with Crippen LogP contribution in [-0.2, 0) is 9.59 Å². The van der Waals surface area contributed by atoms with Crippen LogP contribution in [0.1, 0.15) is 55.8 Å². The lowest BCUT2D eigenvalue weighted by atomic mass is 9.86. The van der Waals surface area contributed by atoms with Crippen molar-refractivity contribution in [1.82, 2.24) is 4.90 Å². The summed E-state index contributed by atoms with van der Waals surface area (Å²) in [4.78, 5) is 42.3. The summed E-state index contributed by atoms with van der Waals surface area (Å²) in [5.41, 5.74) is 1.10. The second kappa shape index (κ2) is 8.92. The summed E-state index contributed by atoms with van der Waals surface area (Å²) in [5.74, 6) is -0.196. The number of nitrogens with one attached hydrogen (secondary N) is 1. The molecule has 0 aliphatic carbocycles. The lowest BCUT2D eigenvalue weighted by Gasteiger charge is -2.43. The van der Waals surface area contributed by atoms with Crippen molar-refractivity contribution in [1.29, 1.82) is 0 Å². The largest absolute Gasteiger partial charge is 0.324 e. The van der Waals surface area contributed by atoms with Crippen LogP contribution in [0, 0.1) is 0 Å². The van der Waals surface area contributed by atoms with Gasteiger partial charge in [0.25, 0.3) is 5.91 Å².